The lowest BCUT2D eigenvalue weighted by atomic mass is 9.78. The number of amides is 1. The zero-order valence-electron chi connectivity index (χ0n) is 20.1. The van der Waals surface area contributed by atoms with E-state index in [-0.39, 0.29) is 28.8 Å². The number of ether oxygens (including phenoxy) is 1. The molecule has 4 heterocycles. The van der Waals surface area contributed by atoms with Gasteiger partial charge in [-0.05, 0) is 38.6 Å². The first-order chi connectivity index (χ1) is 17.2. The highest BCUT2D eigenvalue weighted by molar-refractivity contribution is 5.99. The summed E-state index contributed by atoms with van der Waals surface area (Å²) in [6.45, 7) is 3.89. The molecule has 0 spiro atoms. The van der Waals surface area contributed by atoms with Crippen LogP contribution in [0.1, 0.15) is 53.7 Å². The van der Waals surface area contributed by atoms with Crippen molar-refractivity contribution < 1.29 is 22.7 Å². The van der Waals surface area contributed by atoms with Crippen LogP contribution < -0.4 is 16.2 Å². The van der Waals surface area contributed by atoms with Gasteiger partial charge in [-0.3, -0.25) is 9.59 Å². The Balaban J connectivity index is 1.30. The molecule has 1 aromatic carbocycles. The molecule has 7 rings (SSSR count). The van der Waals surface area contributed by atoms with Crippen LogP contribution in [0.5, 0.6) is 0 Å². The summed E-state index contributed by atoms with van der Waals surface area (Å²) in [7, 11) is 2.07. The second kappa shape index (κ2) is 8.34. The summed E-state index contributed by atoms with van der Waals surface area (Å²) < 4.78 is 48.4. The number of anilines is 1. The molecule has 0 radical (unpaired) electrons. The Kier molecular flexibility index (Phi) is 5.46. The summed E-state index contributed by atoms with van der Waals surface area (Å²) in [5.74, 6) is -0.601. The van der Waals surface area contributed by atoms with Gasteiger partial charge in [-0.25, -0.2) is 13.2 Å². The van der Waals surface area contributed by atoms with E-state index in [1.54, 1.807) is 17.7 Å². The third-order valence-electron chi connectivity index (χ3n) is 8.42. The Bertz CT molecular complexity index is 1260. The Hall–Kier alpha value is -2.85. The van der Waals surface area contributed by atoms with Crippen LogP contribution in [0.2, 0.25) is 0 Å². The minimum Gasteiger partial charge on any atom is -0.381 e. The quantitative estimate of drug-likeness (QED) is 0.608. The largest absolute Gasteiger partial charge is 0.381 e. The van der Waals surface area contributed by atoms with Crippen molar-refractivity contribution in [2.24, 2.45) is 11.8 Å². The lowest BCUT2D eigenvalue weighted by Gasteiger charge is -2.37. The van der Waals surface area contributed by atoms with Crippen LogP contribution in [0.4, 0.5) is 18.9 Å². The van der Waals surface area contributed by atoms with Crippen LogP contribution >= 0.6 is 0 Å². The smallest absolute Gasteiger partial charge is 0.266 e. The van der Waals surface area contributed by atoms with Crippen molar-refractivity contribution in [2.45, 2.75) is 49.9 Å². The molecule has 3 saturated heterocycles. The van der Waals surface area contributed by atoms with Crippen LogP contribution in [0.3, 0.4) is 0 Å². The highest BCUT2D eigenvalue weighted by atomic mass is 19.3. The molecular weight excluding hydrogens is 473 g/mol. The van der Waals surface area contributed by atoms with Gasteiger partial charge in [0.15, 0.2) is 0 Å². The fourth-order valence-corrected chi connectivity index (χ4v) is 6.32. The van der Waals surface area contributed by atoms with Gasteiger partial charge in [0.05, 0.1) is 41.1 Å². The number of piperidine rings is 1. The van der Waals surface area contributed by atoms with Crippen LogP contribution in [-0.4, -0.2) is 54.3 Å². The lowest BCUT2D eigenvalue weighted by molar-refractivity contribution is 0.0937. The molecule has 1 amide bonds. The fraction of sp³-hybridized carbons (Fsp3) is 0.538. The number of pyridine rings is 1. The zero-order chi connectivity index (χ0) is 25.4. The number of fused-ring (bicyclic) bond motifs is 2. The van der Waals surface area contributed by atoms with E-state index in [2.05, 4.69) is 22.6 Å². The predicted octanol–water partition coefficient (Wildman–Crippen LogP) is 3.28. The summed E-state index contributed by atoms with van der Waals surface area (Å²) in [6.07, 6.45) is 0.209. The van der Waals surface area contributed by atoms with Gasteiger partial charge in [-0.2, -0.15) is 0 Å². The standard InChI is InChI=1S/C26H29F3N4O3/c1-13(15-4-3-5-16(22(15)27)24(28)29)30-25(35)19-11-33(26-7-14(8-26)36-12-26)21(34)6-20(19)31-23-17-9-32(2)10-18(17)23/h3-6,11,13-14,17-18,23-24,31H,7-10,12H2,1-2H3,(H,30,35)/t13-,14?,17-,18+,23?,26?/m1/s1. The molecule has 2 saturated carbocycles. The first-order valence-corrected chi connectivity index (χ1v) is 12.4. The van der Waals surface area contributed by atoms with Gasteiger partial charge in [0.25, 0.3) is 17.9 Å². The Morgan fingerprint density at radius 2 is 1.89 bits per heavy atom. The third-order valence-corrected chi connectivity index (χ3v) is 8.42. The van der Waals surface area contributed by atoms with Crippen LogP contribution in [0.25, 0.3) is 0 Å². The SMILES string of the molecule is C[C@@H](NC(=O)c1cn(C23COC(C2)C3)c(=O)cc1NC1[C@H]2CN(C)C[C@@H]12)c1cccc(C(F)F)c1F. The number of rotatable bonds is 7. The van der Waals surface area contributed by atoms with Gasteiger partial charge in [-0.1, -0.05) is 18.2 Å². The molecule has 10 heteroatoms. The molecule has 5 aliphatic rings. The summed E-state index contributed by atoms with van der Waals surface area (Å²) in [4.78, 5) is 28.9. The maximum Gasteiger partial charge on any atom is 0.266 e. The Labute approximate surface area is 206 Å². The van der Waals surface area contributed by atoms with E-state index in [0.717, 1.165) is 32.0 Å². The van der Waals surface area contributed by atoms with E-state index in [0.29, 0.717) is 24.1 Å². The summed E-state index contributed by atoms with van der Waals surface area (Å²) in [6, 6.07) is 4.56. The van der Waals surface area contributed by atoms with Gasteiger partial charge in [0.2, 0.25) is 0 Å². The predicted molar refractivity (Wildman–Crippen MR) is 127 cm³/mol. The van der Waals surface area contributed by atoms with E-state index in [1.165, 1.54) is 18.2 Å². The maximum atomic E-state index is 14.7. The number of aromatic nitrogens is 1. The van der Waals surface area contributed by atoms with Crippen molar-refractivity contribution in [2.75, 3.05) is 32.1 Å². The number of likely N-dealkylation sites (tertiary alicyclic amines) is 1. The van der Waals surface area contributed by atoms with Crippen LogP contribution in [0, 0.1) is 17.7 Å². The van der Waals surface area contributed by atoms with Crippen molar-refractivity contribution in [1.29, 1.82) is 0 Å². The van der Waals surface area contributed by atoms with E-state index >= 15 is 0 Å². The van der Waals surface area contributed by atoms with E-state index in [4.69, 9.17) is 4.74 Å². The zero-order valence-corrected chi connectivity index (χ0v) is 20.1. The average Bonchev–Trinajstić information content (AvgIpc) is 3.22. The Morgan fingerprint density at radius 3 is 2.53 bits per heavy atom. The first-order valence-electron chi connectivity index (χ1n) is 12.4. The highest BCUT2D eigenvalue weighted by Crippen LogP contribution is 2.49. The number of halogens is 3. The molecule has 2 aliphatic carbocycles. The molecule has 36 heavy (non-hydrogen) atoms. The molecule has 2 N–H and O–H groups in total. The second-order valence-corrected chi connectivity index (χ2v) is 10.8. The fourth-order valence-electron chi connectivity index (χ4n) is 6.32. The monoisotopic (exact) mass is 502 g/mol. The van der Waals surface area contributed by atoms with Crippen molar-refractivity contribution in [3.63, 3.8) is 0 Å². The summed E-state index contributed by atoms with van der Waals surface area (Å²) in [5.41, 5.74) is -0.657. The van der Waals surface area contributed by atoms with Crippen LogP contribution in [-0.2, 0) is 10.3 Å². The second-order valence-electron chi connectivity index (χ2n) is 10.8. The molecule has 4 atom stereocenters. The molecule has 192 valence electrons. The molecular formula is C26H29F3N4O3. The average molecular weight is 503 g/mol. The number of alkyl halides is 2. The van der Waals surface area contributed by atoms with E-state index in [9.17, 15) is 22.8 Å². The molecule has 7 nitrogen and oxygen atoms in total. The van der Waals surface area contributed by atoms with Gasteiger partial charge >= 0.3 is 0 Å². The lowest BCUT2D eigenvalue weighted by Crippen LogP contribution is -2.48. The summed E-state index contributed by atoms with van der Waals surface area (Å²) >= 11 is 0. The van der Waals surface area contributed by atoms with Crippen molar-refractivity contribution in [3.05, 3.63) is 63.3 Å². The number of hydrogen-bond acceptors (Lipinski definition) is 5. The molecule has 2 aromatic rings. The van der Waals surface area contributed by atoms with Crippen molar-refractivity contribution in [3.8, 4) is 0 Å². The van der Waals surface area contributed by atoms with Gasteiger partial charge in [0.1, 0.15) is 5.82 Å². The topological polar surface area (TPSA) is 75.6 Å². The molecule has 1 unspecified atom stereocenters. The Morgan fingerprint density at radius 1 is 1.19 bits per heavy atom. The number of carbonyl (C=O) groups excluding carboxylic acids is 1. The number of hydrogen-bond donors (Lipinski definition) is 2. The van der Waals surface area contributed by atoms with Crippen LogP contribution in [0.15, 0.2) is 35.3 Å². The molecule has 5 fully saturated rings. The van der Waals surface area contributed by atoms with Gasteiger partial charge in [0, 0.05) is 37.0 Å². The van der Waals surface area contributed by atoms with Crippen molar-refractivity contribution in [1.82, 2.24) is 14.8 Å². The normalized spacial score (nSPS) is 31.2. The van der Waals surface area contributed by atoms with Gasteiger partial charge < -0.3 is 24.8 Å². The molecule has 1 aromatic heterocycles. The van der Waals surface area contributed by atoms with Crippen molar-refractivity contribution >= 4 is 11.6 Å². The third kappa shape index (κ3) is 3.73. The number of benzene rings is 1. The van der Waals surface area contributed by atoms with E-state index in [1.807, 2.05) is 0 Å². The molecule has 2 bridgehead atoms. The minimum atomic E-state index is -2.96. The molecule has 3 aliphatic heterocycles. The highest BCUT2D eigenvalue weighted by Gasteiger charge is 2.56. The number of nitrogens with zero attached hydrogens (tertiary/aromatic N) is 2. The van der Waals surface area contributed by atoms with E-state index < -0.39 is 35.3 Å². The maximum absolute atomic E-state index is 14.7. The first kappa shape index (κ1) is 23.5. The number of nitrogens with one attached hydrogen (secondary N) is 2. The summed E-state index contributed by atoms with van der Waals surface area (Å²) in [5, 5.41) is 6.17. The van der Waals surface area contributed by atoms with Gasteiger partial charge in [-0.15, -0.1) is 0 Å². The minimum absolute atomic E-state index is 0.0200. The number of carbonyl (C=O) groups is 1.